The second-order valence-corrected chi connectivity index (χ2v) is 9.37. The topological polar surface area (TPSA) is 15.7 Å². The zero-order valence-corrected chi connectivity index (χ0v) is 20.2. The van der Waals surface area contributed by atoms with Crippen LogP contribution >= 0.6 is 0 Å². The van der Waals surface area contributed by atoms with Gasteiger partial charge in [-0.1, -0.05) is 91.0 Å². The summed E-state index contributed by atoms with van der Waals surface area (Å²) in [5, 5.41) is 2.58. The lowest BCUT2D eigenvalue weighted by molar-refractivity contribution is 0.0871. The highest BCUT2D eigenvalue weighted by Crippen LogP contribution is 2.33. The van der Waals surface area contributed by atoms with Crippen molar-refractivity contribution in [3.05, 3.63) is 114 Å². The minimum atomic E-state index is 0.349. The lowest BCUT2D eigenvalue weighted by Crippen LogP contribution is -2.54. The van der Waals surface area contributed by atoms with E-state index in [0.717, 1.165) is 38.3 Å². The first-order chi connectivity index (χ1) is 16.7. The molecule has 3 nitrogen and oxygen atoms in total. The van der Waals surface area contributed by atoms with Crippen LogP contribution < -0.4 is 4.74 Å². The van der Waals surface area contributed by atoms with Gasteiger partial charge in [-0.15, -0.1) is 0 Å². The second kappa shape index (κ2) is 10.4. The number of methoxy groups -OCH3 is 1. The van der Waals surface area contributed by atoms with Gasteiger partial charge in [0.05, 0.1) is 7.11 Å². The smallest absolute Gasteiger partial charge is 0.122 e. The number of hydrogen-bond donors (Lipinski definition) is 0. The minimum Gasteiger partial charge on any atom is -0.496 e. The van der Waals surface area contributed by atoms with Gasteiger partial charge in [0, 0.05) is 43.7 Å². The molecule has 0 aromatic heterocycles. The molecule has 1 aliphatic rings. The van der Waals surface area contributed by atoms with E-state index in [4.69, 9.17) is 4.74 Å². The van der Waals surface area contributed by atoms with Crippen molar-refractivity contribution in [2.45, 2.75) is 18.4 Å². The molecule has 1 saturated heterocycles. The van der Waals surface area contributed by atoms with Crippen LogP contribution in [0.3, 0.4) is 0 Å². The molecule has 34 heavy (non-hydrogen) atoms. The third kappa shape index (κ3) is 4.72. The Labute approximate surface area is 203 Å². The van der Waals surface area contributed by atoms with Gasteiger partial charge in [-0.05, 0) is 41.4 Å². The monoisotopic (exact) mass is 450 g/mol. The maximum atomic E-state index is 5.76. The molecule has 0 spiro atoms. The maximum absolute atomic E-state index is 5.76. The van der Waals surface area contributed by atoms with Crippen LogP contribution in [0.2, 0.25) is 0 Å². The normalized spacial score (nSPS) is 17.3. The van der Waals surface area contributed by atoms with Gasteiger partial charge in [-0.25, -0.2) is 0 Å². The van der Waals surface area contributed by atoms with Crippen molar-refractivity contribution in [1.82, 2.24) is 9.80 Å². The van der Waals surface area contributed by atoms with Crippen LogP contribution in [0.25, 0.3) is 10.8 Å². The summed E-state index contributed by atoms with van der Waals surface area (Å²) in [6, 6.07) is 35.4. The Morgan fingerprint density at radius 1 is 0.794 bits per heavy atom. The number of hydrogen-bond acceptors (Lipinski definition) is 3. The van der Waals surface area contributed by atoms with E-state index in [1.165, 1.54) is 27.5 Å². The molecule has 4 aromatic rings. The molecular weight excluding hydrogens is 416 g/mol. The molecule has 0 aliphatic carbocycles. The third-order valence-corrected chi connectivity index (χ3v) is 7.38. The van der Waals surface area contributed by atoms with E-state index in [9.17, 15) is 0 Å². The predicted octanol–water partition coefficient (Wildman–Crippen LogP) is 5.84. The Morgan fingerprint density at radius 3 is 2.12 bits per heavy atom. The van der Waals surface area contributed by atoms with Crippen LogP contribution in [0, 0.1) is 0 Å². The van der Waals surface area contributed by atoms with Crippen molar-refractivity contribution in [2.24, 2.45) is 0 Å². The Kier molecular flexibility index (Phi) is 6.94. The zero-order chi connectivity index (χ0) is 23.3. The maximum Gasteiger partial charge on any atom is 0.122 e. The van der Waals surface area contributed by atoms with Crippen molar-refractivity contribution < 1.29 is 4.74 Å². The number of nitrogens with zero attached hydrogens (tertiary/aromatic N) is 2. The lowest BCUT2D eigenvalue weighted by atomic mass is 9.83. The molecule has 0 bridgehead atoms. The Hall–Kier alpha value is -3.14. The molecule has 0 saturated carbocycles. The van der Waals surface area contributed by atoms with Gasteiger partial charge < -0.3 is 9.64 Å². The molecule has 1 fully saturated rings. The summed E-state index contributed by atoms with van der Waals surface area (Å²) in [7, 11) is 4.07. The summed E-state index contributed by atoms with van der Waals surface area (Å²) < 4.78 is 5.76. The van der Waals surface area contributed by atoms with Crippen molar-refractivity contribution in [1.29, 1.82) is 0 Å². The Balaban J connectivity index is 1.39. The van der Waals surface area contributed by atoms with Gasteiger partial charge in [-0.2, -0.15) is 0 Å². The largest absolute Gasteiger partial charge is 0.496 e. The highest BCUT2D eigenvalue weighted by molar-refractivity contribution is 5.87. The van der Waals surface area contributed by atoms with Gasteiger partial charge >= 0.3 is 0 Å². The van der Waals surface area contributed by atoms with Crippen LogP contribution in [0.15, 0.2) is 97.1 Å². The highest BCUT2D eigenvalue weighted by atomic mass is 16.5. The molecule has 174 valence electrons. The molecule has 1 aliphatic heterocycles. The fourth-order valence-electron chi connectivity index (χ4n) is 5.52. The standard InChI is InChI=1S/C31H34N2O/c1-32-21-22-33(20-19-28-27-16-10-9-11-24(27)17-18-30(28)34-2)23-29(32)31(25-12-5-3-6-13-25)26-14-7-4-8-15-26/h3-18,29,31H,19-23H2,1-2H3. The molecule has 1 heterocycles. The quantitative estimate of drug-likeness (QED) is 0.352. The molecule has 5 rings (SSSR count). The molecule has 3 heteroatoms. The van der Waals surface area contributed by atoms with E-state index >= 15 is 0 Å². The number of ether oxygens (including phenoxy) is 1. The number of piperazine rings is 1. The summed E-state index contributed by atoms with van der Waals surface area (Å²) in [5.74, 6) is 1.35. The first kappa shape index (κ1) is 22.6. The van der Waals surface area contributed by atoms with Gasteiger partial charge in [-0.3, -0.25) is 4.90 Å². The van der Waals surface area contributed by atoms with E-state index in [1.807, 2.05) is 0 Å². The van der Waals surface area contributed by atoms with Gasteiger partial charge in [0.2, 0.25) is 0 Å². The molecule has 0 N–H and O–H groups in total. The summed E-state index contributed by atoms with van der Waals surface area (Å²) >= 11 is 0. The van der Waals surface area contributed by atoms with Gasteiger partial charge in [0.1, 0.15) is 5.75 Å². The van der Waals surface area contributed by atoms with Crippen molar-refractivity contribution in [3.63, 3.8) is 0 Å². The average Bonchev–Trinajstić information content (AvgIpc) is 2.90. The Bertz CT molecular complexity index is 1170. The van der Waals surface area contributed by atoms with Crippen LogP contribution in [0.5, 0.6) is 5.75 Å². The van der Waals surface area contributed by atoms with Gasteiger partial charge in [0.25, 0.3) is 0 Å². The summed E-state index contributed by atoms with van der Waals surface area (Å²) in [6.45, 7) is 4.26. The highest BCUT2D eigenvalue weighted by Gasteiger charge is 2.33. The summed E-state index contributed by atoms with van der Waals surface area (Å²) in [4.78, 5) is 5.20. The number of benzene rings is 4. The van der Waals surface area contributed by atoms with Crippen LogP contribution in [-0.2, 0) is 6.42 Å². The summed E-state index contributed by atoms with van der Waals surface area (Å²) in [6.07, 6.45) is 0.988. The van der Waals surface area contributed by atoms with Crippen molar-refractivity contribution in [3.8, 4) is 5.75 Å². The number of fused-ring (bicyclic) bond motifs is 1. The van der Waals surface area contributed by atoms with E-state index in [-0.39, 0.29) is 0 Å². The lowest BCUT2D eigenvalue weighted by Gasteiger charge is -2.43. The minimum absolute atomic E-state index is 0.349. The molecule has 1 unspecified atom stereocenters. The van der Waals surface area contributed by atoms with Crippen LogP contribution in [-0.4, -0.2) is 56.2 Å². The number of rotatable bonds is 7. The molecule has 0 amide bonds. The van der Waals surface area contributed by atoms with Gasteiger partial charge in [0.15, 0.2) is 0 Å². The molecule has 4 aromatic carbocycles. The molecule has 0 radical (unpaired) electrons. The second-order valence-electron chi connectivity index (χ2n) is 9.37. The van der Waals surface area contributed by atoms with E-state index in [2.05, 4.69) is 114 Å². The number of likely N-dealkylation sites (N-methyl/N-ethyl adjacent to an activating group) is 1. The Morgan fingerprint density at radius 2 is 1.44 bits per heavy atom. The zero-order valence-electron chi connectivity index (χ0n) is 20.2. The van der Waals surface area contributed by atoms with E-state index < -0.39 is 0 Å². The fraction of sp³-hybridized carbons (Fsp3) is 0.290. The average molecular weight is 451 g/mol. The van der Waals surface area contributed by atoms with Crippen molar-refractivity contribution >= 4 is 10.8 Å². The van der Waals surface area contributed by atoms with Crippen LogP contribution in [0.4, 0.5) is 0 Å². The van der Waals surface area contributed by atoms with Crippen molar-refractivity contribution in [2.75, 3.05) is 40.3 Å². The van der Waals surface area contributed by atoms with Crippen LogP contribution in [0.1, 0.15) is 22.6 Å². The third-order valence-electron chi connectivity index (χ3n) is 7.38. The van der Waals surface area contributed by atoms with E-state index in [0.29, 0.717) is 12.0 Å². The summed E-state index contributed by atoms with van der Waals surface area (Å²) in [5.41, 5.74) is 4.10. The van der Waals surface area contributed by atoms with E-state index in [1.54, 1.807) is 7.11 Å². The SMILES string of the molecule is COc1ccc2ccccc2c1CCN1CCN(C)C(C(c2ccccc2)c2ccccc2)C1. The first-order valence-corrected chi connectivity index (χ1v) is 12.3. The molecular formula is C31H34N2O. The molecule has 1 atom stereocenters. The fourth-order valence-corrected chi connectivity index (χ4v) is 5.52. The first-order valence-electron chi connectivity index (χ1n) is 12.3. The predicted molar refractivity (Wildman–Crippen MR) is 142 cm³/mol.